The summed E-state index contributed by atoms with van der Waals surface area (Å²) in [6.45, 7) is -1.37. The van der Waals surface area contributed by atoms with Crippen LogP contribution < -0.4 is 4.74 Å². The number of aromatic amines is 1. The molecule has 0 amide bonds. The molecule has 2 aromatic rings. The van der Waals surface area contributed by atoms with Crippen molar-refractivity contribution in [3.63, 3.8) is 0 Å². The molecule has 1 aromatic carbocycles. The van der Waals surface area contributed by atoms with Crippen LogP contribution in [0.2, 0.25) is 0 Å². The number of alkyl halides is 3. The molecule has 0 spiro atoms. The van der Waals surface area contributed by atoms with Crippen LogP contribution >= 0.6 is 12.2 Å². The summed E-state index contributed by atoms with van der Waals surface area (Å²) >= 11 is 5.07. The first-order chi connectivity index (χ1) is 9.81. The van der Waals surface area contributed by atoms with Gasteiger partial charge in [-0.2, -0.15) is 13.2 Å². The summed E-state index contributed by atoms with van der Waals surface area (Å²) in [5.41, 5.74) is 0.975. The summed E-state index contributed by atoms with van der Waals surface area (Å²) in [5.74, 6) is -0.525. The largest absolute Gasteiger partial charge is 0.494 e. The third-order valence-corrected chi connectivity index (χ3v) is 3.10. The molecule has 0 aliphatic rings. The van der Waals surface area contributed by atoms with Crippen LogP contribution in [-0.2, 0) is 11.3 Å². The van der Waals surface area contributed by atoms with Crippen LogP contribution in [-0.4, -0.2) is 36.1 Å². The average Bonchev–Trinajstić information content (AvgIpc) is 2.67. The fourth-order valence-corrected chi connectivity index (χ4v) is 2.18. The molecular formula is C12H12F4N2O2S. The number of aromatic nitrogens is 2. The minimum absolute atomic E-state index is 0.0291. The number of rotatable bonds is 5. The van der Waals surface area contributed by atoms with Gasteiger partial charge in [-0.3, -0.25) is 0 Å². The molecule has 0 atom stereocenters. The average molecular weight is 324 g/mol. The van der Waals surface area contributed by atoms with E-state index < -0.39 is 18.6 Å². The number of nitrogens with one attached hydrogen (secondary N) is 1. The van der Waals surface area contributed by atoms with Gasteiger partial charge in [-0.15, -0.1) is 0 Å². The molecule has 0 aliphatic carbocycles. The summed E-state index contributed by atoms with van der Waals surface area (Å²) in [4.78, 5) is 2.78. The highest BCUT2D eigenvalue weighted by Crippen LogP contribution is 2.24. The van der Waals surface area contributed by atoms with Gasteiger partial charge in [0.05, 0.1) is 24.8 Å². The topological polar surface area (TPSA) is 39.2 Å². The quantitative estimate of drug-likeness (QED) is 0.520. The molecule has 0 bridgehead atoms. The fraction of sp³-hybridized carbons (Fsp3) is 0.417. The SMILES string of the molecule is COc1cc2c(cc1F)[nH]c(=S)n2CCOCC(F)(F)F. The van der Waals surface area contributed by atoms with Crippen LogP contribution in [0.4, 0.5) is 17.6 Å². The molecule has 0 unspecified atom stereocenters. The van der Waals surface area contributed by atoms with Crippen molar-refractivity contribution in [3.05, 3.63) is 22.7 Å². The number of methoxy groups -OCH3 is 1. The Morgan fingerprint density at radius 2 is 2.05 bits per heavy atom. The van der Waals surface area contributed by atoms with Gasteiger partial charge in [0.1, 0.15) is 6.61 Å². The van der Waals surface area contributed by atoms with Crippen molar-refractivity contribution in [2.75, 3.05) is 20.3 Å². The molecule has 2 rings (SSSR count). The summed E-state index contributed by atoms with van der Waals surface area (Å²) in [7, 11) is 1.32. The molecular weight excluding hydrogens is 312 g/mol. The van der Waals surface area contributed by atoms with Crippen LogP contribution in [0.15, 0.2) is 12.1 Å². The van der Waals surface area contributed by atoms with Gasteiger partial charge in [-0.25, -0.2) is 4.39 Å². The summed E-state index contributed by atoms with van der Waals surface area (Å²) in [6, 6.07) is 2.65. The zero-order valence-corrected chi connectivity index (χ0v) is 11.8. The lowest BCUT2D eigenvalue weighted by Crippen LogP contribution is -2.19. The second kappa shape index (κ2) is 6.02. The Bertz CT molecular complexity index is 693. The number of fused-ring (bicyclic) bond motifs is 1. The van der Waals surface area contributed by atoms with Gasteiger partial charge in [-0.1, -0.05) is 0 Å². The van der Waals surface area contributed by atoms with Crippen molar-refractivity contribution in [2.24, 2.45) is 0 Å². The van der Waals surface area contributed by atoms with Crippen LogP contribution in [0.1, 0.15) is 0 Å². The Morgan fingerprint density at radius 3 is 2.67 bits per heavy atom. The zero-order valence-electron chi connectivity index (χ0n) is 11.0. The van der Waals surface area contributed by atoms with E-state index in [0.717, 1.165) is 0 Å². The molecule has 0 fully saturated rings. The number of H-pyrrole nitrogens is 1. The van der Waals surface area contributed by atoms with E-state index in [4.69, 9.17) is 17.0 Å². The van der Waals surface area contributed by atoms with E-state index in [1.165, 1.54) is 23.8 Å². The Balaban J connectivity index is 2.19. The highest BCUT2D eigenvalue weighted by molar-refractivity contribution is 7.71. The van der Waals surface area contributed by atoms with Gasteiger partial charge in [0.2, 0.25) is 0 Å². The molecule has 1 aromatic heterocycles. The van der Waals surface area contributed by atoms with Gasteiger partial charge in [0, 0.05) is 18.7 Å². The van der Waals surface area contributed by atoms with Crippen LogP contribution in [0.25, 0.3) is 11.0 Å². The van der Waals surface area contributed by atoms with E-state index in [0.29, 0.717) is 11.0 Å². The van der Waals surface area contributed by atoms with Gasteiger partial charge in [0.15, 0.2) is 16.3 Å². The van der Waals surface area contributed by atoms with Gasteiger partial charge in [-0.05, 0) is 12.2 Å². The maximum absolute atomic E-state index is 13.6. The second-order valence-corrected chi connectivity index (χ2v) is 4.64. The summed E-state index contributed by atoms with van der Waals surface area (Å²) < 4.78 is 60.7. The number of benzene rings is 1. The van der Waals surface area contributed by atoms with Crippen LogP contribution in [0.5, 0.6) is 5.75 Å². The number of halogens is 4. The van der Waals surface area contributed by atoms with E-state index in [1.807, 2.05) is 0 Å². The van der Waals surface area contributed by atoms with Gasteiger partial charge >= 0.3 is 6.18 Å². The molecule has 1 N–H and O–H groups in total. The van der Waals surface area contributed by atoms with Crippen molar-refractivity contribution in [1.82, 2.24) is 9.55 Å². The van der Waals surface area contributed by atoms with Crippen molar-refractivity contribution >= 4 is 23.3 Å². The number of hydrogen-bond donors (Lipinski definition) is 1. The van der Waals surface area contributed by atoms with Crippen molar-refractivity contribution < 1.29 is 27.0 Å². The lowest BCUT2D eigenvalue weighted by Gasteiger charge is -2.09. The van der Waals surface area contributed by atoms with Crippen LogP contribution in [0, 0.1) is 10.6 Å². The van der Waals surface area contributed by atoms with E-state index in [2.05, 4.69) is 9.72 Å². The Hall–Kier alpha value is -1.61. The van der Waals surface area contributed by atoms with Crippen molar-refractivity contribution in [3.8, 4) is 5.75 Å². The molecule has 0 radical (unpaired) electrons. The molecule has 0 aliphatic heterocycles. The number of ether oxygens (including phenoxy) is 2. The first-order valence-electron chi connectivity index (χ1n) is 5.92. The van der Waals surface area contributed by atoms with E-state index in [1.54, 1.807) is 0 Å². The predicted molar refractivity (Wildman–Crippen MR) is 70.5 cm³/mol. The minimum Gasteiger partial charge on any atom is -0.494 e. The third-order valence-electron chi connectivity index (χ3n) is 2.77. The fourth-order valence-electron chi connectivity index (χ4n) is 1.88. The van der Waals surface area contributed by atoms with E-state index in [9.17, 15) is 17.6 Å². The van der Waals surface area contributed by atoms with Gasteiger partial charge in [0.25, 0.3) is 0 Å². The third kappa shape index (κ3) is 3.73. The normalized spacial score (nSPS) is 12.0. The predicted octanol–water partition coefficient (Wildman–Crippen LogP) is 3.43. The van der Waals surface area contributed by atoms with Crippen molar-refractivity contribution in [1.29, 1.82) is 0 Å². The molecule has 1 heterocycles. The van der Waals surface area contributed by atoms with Gasteiger partial charge < -0.3 is 19.0 Å². The zero-order chi connectivity index (χ0) is 15.6. The van der Waals surface area contributed by atoms with Crippen molar-refractivity contribution in [2.45, 2.75) is 12.7 Å². The first-order valence-corrected chi connectivity index (χ1v) is 6.33. The molecule has 0 saturated carbocycles. The number of imidazole rings is 1. The molecule has 4 nitrogen and oxygen atoms in total. The second-order valence-electron chi connectivity index (χ2n) is 4.25. The Kier molecular flexibility index (Phi) is 4.52. The summed E-state index contributed by atoms with van der Waals surface area (Å²) in [5, 5.41) is 0. The smallest absolute Gasteiger partial charge is 0.411 e. The minimum atomic E-state index is -4.37. The Labute approximate surface area is 122 Å². The first kappa shape index (κ1) is 15.8. The monoisotopic (exact) mass is 324 g/mol. The molecule has 9 heteroatoms. The Morgan fingerprint density at radius 1 is 1.33 bits per heavy atom. The maximum Gasteiger partial charge on any atom is 0.411 e. The lowest BCUT2D eigenvalue weighted by molar-refractivity contribution is -0.174. The molecule has 116 valence electrons. The lowest BCUT2D eigenvalue weighted by atomic mass is 10.3. The molecule has 0 saturated heterocycles. The van der Waals surface area contributed by atoms with E-state index >= 15 is 0 Å². The highest BCUT2D eigenvalue weighted by Gasteiger charge is 2.27. The molecule has 21 heavy (non-hydrogen) atoms. The standard InChI is InChI=1S/C12H12F4N2O2S/c1-19-10-5-9-8(4-7(10)13)17-11(21)18(9)2-3-20-6-12(14,15)16/h4-5H,2-3,6H2,1H3,(H,17,21). The maximum atomic E-state index is 13.6. The van der Waals surface area contributed by atoms with E-state index in [-0.39, 0.29) is 23.7 Å². The highest BCUT2D eigenvalue weighted by atomic mass is 32.1. The number of hydrogen-bond acceptors (Lipinski definition) is 3. The number of nitrogens with zero attached hydrogens (tertiary/aromatic N) is 1. The summed E-state index contributed by atoms with van der Waals surface area (Å²) in [6.07, 6.45) is -4.37. The van der Waals surface area contributed by atoms with Crippen LogP contribution in [0.3, 0.4) is 0 Å².